The Morgan fingerprint density at radius 2 is 2.06 bits per heavy atom. The number of ether oxygens (including phenoxy) is 1. The van der Waals surface area contributed by atoms with Gasteiger partial charge in [-0.2, -0.15) is 5.10 Å². The molecule has 8 heteroatoms. The van der Waals surface area contributed by atoms with Crippen molar-refractivity contribution in [3.05, 3.63) is 72.3 Å². The van der Waals surface area contributed by atoms with E-state index in [-0.39, 0.29) is 0 Å². The van der Waals surface area contributed by atoms with Gasteiger partial charge < -0.3 is 10.1 Å². The second-order valence-electron chi connectivity index (χ2n) is 8.38. The highest BCUT2D eigenvalue weighted by Crippen LogP contribution is 2.30. The molecule has 0 unspecified atom stereocenters. The lowest BCUT2D eigenvalue weighted by molar-refractivity contribution is 0.141. The van der Waals surface area contributed by atoms with Crippen molar-refractivity contribution in [2.75, 3.05) is 32.1 Å². The first-order valence-electron chi connectivity index (χ1n) is 11.6. The van der Waals surface area contributed by atoms with Crippen molar-refractivity contribution in [1.82, 2.24) is 29.6 Å². The van der Waals surface area contributed by atoms with Gasteiger partial charge in [0.25, 0.3) is 0 Å². The van der Waals surface area contributed by atoms with Crippen LogP contribution in [0.4, 0.5) is 11.6 Å². The first-order chi connectivity index (χ1) is 16.7. The molecule has 4 aromatic rings. The van der Waals surface area contributed by atoms with Gasteiger partial charge >= 0.3 is 0 Å². The van der Waals surface area contributed by atoms with Crippen molar-refractivity contribution in [2.45, 2.75) is 26.4 Å². The minimum atomic E-state index is 0.566. The van der Waals surface area contributed by atoms with Gasteiger partial charge in [0.05, 0.1) is 12.3 Å². The molecule has 0 bridgehead atoms. The Labute approximate surface area is 199 Å². The zero-order chi connectivity index (χ0) is 23.3. The third-order valence-corrected chi connectivity index (χ3v) is 6.12. The lowest BCUT2D eigenvalue weighted by Gasteiger charge is -2.28. The number of hydrogen-bond donors (Lipinski definition) is 1. The lowest BCUT2D eigenvalue weighted by Crippen LogP contribution is -2.33. The van der Waals surface area contributed by atoms with Crippen LogP contribution in [0.25, 0.3) is 22.5 Å². The number of pyridine rings is 1. The zero-order valence-corrected chi connectivity index (χ0v) is 19.6. The number of fused-ring (bicyclic) bond motifs is 1. The highest BCUT2D eigenvalue weighted by atomic mass is 16.5. The Morgan fingerprint density at radius 1 is 1.12 bits per heavy atom. The summed E-state index contributed by atoms with van der Waals surface area (Å²) in [5, 5.41) is 8.14. The molecule has 1 aliphatic heterocycles. The molecule has 8 nitrogen and oxygen atoms in total. The van der Waals surface area contributed by atoms with Crippen LogP contribution in [0.15, 0.2) is 61.2 Å². The van der Waals surface area contributed by atoms with E-state index in [1.807, 2.05) is 35.3 Å². The van der Waals surface area contributed by atoms with Gasteiger partial charge in [-0.05, 0) is 54.8 Å². The van der Waals surface area contributed by atoms with Crippen molar-refractivity contribution in [3.63, 3.8) is 0 Å². The Balaban J connectivity index is 1.38. The van der Waals surface area contributed by atoms with Gasteiger partial charge in [0, 0.05) is 74.9 Å². The van der Waals surface area contributed by atoms with Gasteiger partial charge in [0.15, 0.2) is 0 Å². The molecular formula is C26H29N7O. The molecule has 4 heterocycles. The maximum atomic E-state index is 5.23. The number of hydrogen-bond acceptors (Lipinski definition) is 7. The molecule has 0 atom stereocenters. The number of nitrogens with zero attached hydrogens (tertiary/aromatic N) is 6. The Kier molecular flexibility index (Phi) is 6.60. The summed E-state index contributed by atoms with van der Waals surface area (Å²) in [5.41, 5.74) is 7.36. The number of aryl methyl sites for hydroxylation is 1. The summed E-state index contributed by atoms with van der Waals surface area (Å²) >= 11 is 0. The molecule has 1 aliphatic rings. The van der Waals surface area contributed by atoms with E-state index in [0.29, 0.717) is 5.95 Å². The molecule has 0 aliphatic carbocycles. The summed E-state index contributed by atoms with van der Waals surface area (Å²) in [7, 11) is 1.75. The molecular weight excluding hydrogens is 426 g/mol. The maximum Gasteiger partial charge on any atom is 0.227 e. The van der Waals surface area contributed by atoms with Crippen molar-refractivity contribution < 1.29 is 4.74 Å². The minimum Gasteiger partial charge on any atom is -0.383 e. The van der Waals surface area contributed by atoms with Crippen LogP contribution in [-0.4, -0.2) is 56.4 Å². The molecule has 0 saturated heterocycles. The molecule has 0 saturated carbocycles. The third kappa shape index (κ3) is 4.83. The van der Waals surface area contributed by atoms with E-state index in [1.54, 1.807) is 19.5 Å². The first-order valence-corrected chi connectivity index (χ1v) is 11.6. The standard InChI is InChI=1S/C26H29N7O/c1-3-33-18-23(25(31-33)20-5-4-10-27-16-20)24-8-11-28-26(30-24)29-22-7-6-21-17-32(13-14-34-2)12-9-19(21)15-22/h4-8,10-11,15-16,18H,3,9,12-14,17H2,1-2H3,(H,28,29,30). The zero-order valence-electron chi connectivity index (χ0n) is 19.6. The van der Waals surface area contributed by atoms with E-state index in [1.165, 1.54) is 11.1 Å². The predicted molar refractivity (Wildman–Crippen MR) is 133 cm³/mol. The van der Waals surface area contributed by atoms with Gasteiger partial charge in [0.1, 0.15) is 5.69 Å². The number of aromatic nitrogens is 5. The average Bonchev–Trinajstić information content (AvgIpc) is 3.33. The van der Waals surface area contributed by atoms with E-state index in [0.717, 1.165) is 67.4 Å². The minimum absolute atomic E-state index is 0.566. The normalized spacial score (nSPS) is 13.6. The smallest absolute Gasteiger partial charge is 0.227 e. The monoisotopic (exact) mass is 455 g/mol. The SMILES string of the molecule is CCn1cc(-c2ccnc(Nc3ccc4c(c3)CCN(CCOC)C4)n2)c(-c2cccnc2)n1. The summed E-state index contributed by atoms with van der Waals surface area (Å²) in [6.07, 6.45) is 8.44. The van der Waals surface area contributed by atoms with Gasteiger partial charge in [-0.15, -0.1) is 0 Å². The van der Waals surface area contributed by atoms with Crippen LogP contribution < -0.4 is 5.32 Å². The fourth-order valence-electron chi connectivity index (χ4n) is 4.29. The van der Waals surface area contributed by atoms with Crippen molar-refractivity contribution in [3.8, 4) is 22.5 Å². The number of anilines is 2. The topological polar surface area (TPSA) is 81.0 Å². The van der Waals surface area contributed by atoms with Crippen LogP contribution in [0.3, 0.4) is 0 Å². The molecule has 3 aromatic heterocycles. The molecule has 34 heavy (non-hydrogen) atoms. The summed E-state index contributed by atoms with van der Waals surface area (Å²) in [6.45, 7) is 6.59. The molecule has 1 aromatic carbocycles. The van der Waals surface area contributed by atoms with Crippen molar-refractivity contribution in [1.29, 1.82) is 0 Å². The second-order valence-corrected chi connectivity index (χ2v) is 8.38. The van der Waals surface area contributed by atoms with E-state index < -0.39 is 0 Å². The molecule has 0 spiro atoms. The van der Waals surface area contributed by atoms with Crippen LogP contribution in [0.1, 0.15) is 18.1 Å². The third-order valence-electron chi connectivity index (χ3n) is 6.12. The molecule has 5 rings (SSSR count). The van der Waals surface area contributed by atoms with Crippen LogP contribution in [0.2, 0.25) is 0 Å². The average molecular weight is 456 g/mol. The Morgan fingerprint density at radius 3 is 2.88 bits per heavy atom. The number of methoxy groups -OCH3 is 1. The fraction of sp³-hybridized carbons (Fsp3) is 0.308. The van der Waals surface area contributed by atoms with Gasteiger partial charge in [0.2, 0.25) is 5.95 Å². The summed E-state index contributed by atoms with van der Waals surface area (Å²) in [6, 6.07) is 12.4. The van der Waals surface area contributed by atoms with Crippen LogP contribution in [0, 0.1) is 0 Å². The number of benzene rings is 1. The van der Waals surface area contributed by atoms with E-state index in [4.69, 9.17) is 14.8 Å². The summed E-state index contributed by atoms with van der Waals surface area (Å²) in [4.78, 5) is 16.0. The highest BCUT2D eigenvalue weighted by molar-refractivity contribution is 5.78. The predicted octanol–water partition coefficient (Wildman–Crippen LogP) is 4.17. The molecule has 1 N–H and O–H groups in total. The van der Waals surface area contributed by atoms with Gasteiger partial charge in [-0.25, -0.2) is 9.97 Å². The van der Waals surface area contributed by atoms with Gasteiger partial charge in [-0.1, -0.05) is 6.07 Å². The van der Waals surface area contributed by atoms with Crippen LogP contribution in [0.5, 0.6) is 0 Å². The van der Waals surface area contributed by atoms with Crippen LogP contribution in [-0.2, 0) is 24.2 Å². The fourth-order valence-corrected chi connectivity index (χ4v) is 4.29. The van der Waals surface area contributed by atoms with Crippen LogP contribution >= 0.6 is 0 Å². The number of rotatable bonds is 8. The lowest BCUT2D eigenvalue weighted by atomic mass is 9.99. The first kappa shape index (κ1) is 22.2. The van der Waals surface area contributed by atoms with Gasteiger partial charge in [-0.3, -0.25) is 14.6 Å². The quantitative estimate of drug-likeness (QED) is 0.427. The Hall–Kier alpha value is -3.62. The summed E-state index contributed by atoms with van der Waals surface area (Å²) in [5.74, 6) is 0.566. The molecule has 0 amide bonds. The largest absolute Gasteiger partial charge is 0.383 e. The maximum absolute atomic E-state index is 5.23. The van der Waals surface area contributed by atoms with E-state index in [9.17, 15) is 0 Å². The molecule has 174 valence electrons. The highest BCUT2D eigenvalue weighted by Gasteiger charge is 2.17. The van der Waals surface area contributed by atoms with E-state index in [2.05, 4.69) is 45.3 Å². The van der Waals surface area contributed by atoms with Crippen molar-refractivity contribution >= 4 is 11.6 Å². The number of nitrogens with one attached hydrogen (secondary N) is 1. The summed E-state index contributed by atoms with van der Waals surface area (Å²) < 4.78 is 7.15. The van der Waals surface area contributed by atoms with Crippen molar-refractivity contribution in [2.24, 2.45) is 0 Å². The van der Waals surface area contributed by atoms with E-state index >= 15 is 0 Å². The Bertz CT molecular complexity index is 1260. The molecule has 0 fully saturated rings. The molecule has 0 radical (unpaired) electrons. The second kappa shape index (κ2) is 10.1.